The fourth-order valence-corrected chi connectivity index (χ4v) is 4.35. The monoisotopic (exact) mass is 393 g/mol. The standard InChI is InChI=1S/C24H31N3O2/c1-18-9-6-7-13-26(18)14-8-12-25-24(28)22-16-23-21(15-19(2)29-23)27(22)17-20-10-4-3-5-11-20/h3-5,10-11,15-16,18H,6-9,12-14,17H2,1-2H3,(H,25,28). The van der Waals surface area contributed by atoms with Crippen molar-refractivity contribution < 1.29 is 9.21 Å². The zero-order valence-electron chi connectivity index (χ0n) is 17.5. The van der Waals surface area contributed by atoms with Gasteiger partial charge in [-0.05, 0) is 45.2 Å². The van der Waals surface area contributed by atoms with Gasteiger partial charge in [-0.25, -0.2) is 0 Å². The van der Waals surface area contributed by atoms with Crippen LogP contribution in [-0.2, 0) is 6.54 Å². The van der Waals surface area contributed by atoms with Crippen molar-refractivity contribution in [1.82, 2.24) is 14.8 Å². The number of aromatic nitrogens is 1. The SMILES string of the molecule is Cc1cc2c(cc(C(=O)NCCCN3CCCCC3C)n2Cc2ccccc2)o1. The zero-order valence-corrected chi connectivity index (χ0v) is 17.5. The molecule has 1 aromatic carbocycles. The molecule has 0 aliphatic carbocycles. The Morgan fingerprint density at radius 3 is 2.83 bits per heavy atom. The summed E-state index contributed by atoms with van der Waals surface area (Å²) in [6, 6.07) is 14.8. The van der Waals surface area contributed by atoms with Gasteiger partial charge in [-0.15, -0.1) is 0 Å². The number of carbonyl (C=O) groups excluding carboxylic acids is 1. The third-order valence-corrected chi connectivity index (χ3v) is 5.98. The Labute approximate surface area is 172 Å². The second-order valence-corrected chi connectivity index (χ2v) is 8.20. The second kappa shape index (κ2) is 8.87. The van der Waals surface area contributed by atoms with Crippen LogP contribution in [0.2, 0.25) is 0 Å². The van der Waals surface area contributed by atoms with Gasteiger partial charge in [-0.3, -0.25) is 4.79 Å². The number of nitrogens with zero attached hydrogens (tertiary/aromatic N) is 2. The second-order valence-electron chi connectivity index (χ2n) is 8.20. The fourth-order valence-electron chi connectivity index (χ4n) is 4.35. The molecule has 1 amide bonds. The van der Waals surface area contributed by atoms with Gasteiger partial charge in [0.15, 0.2) is 5.58 Å². The fraction of sp³-hybridized carbons (Fsp3) is 0.458. The van der Waals surface area contributed by atoms with E-state index in [4.69, 9.17) is 4.42 Å². The number of benzene rings is 1. The van der Waals surface area contributed by atoms with Crippen LogP contribution in [-0.4, -0.2) is 41.1 Å². The number of rotatable bonds is 7. The van der Waals surface area contributed by atoms with E-state index >= 15 is 0 Å². The Bertz CT molecular complexity index is 957. The molecule has 0 saturated carbocycles. The van der Waals surface area contributed by atoms with Crippen molar-refractivity contribution >= 4 is 17.0 Å². The largest absolute Gasteiger partial charge is 0.460 e. The Balaban J connectivity index is 1.42. The molecule has 0 radical (unpaired) electrons. The highest BCUT2D eigenvalue weighted by atomic mass is 16.3. The first-order valence-electron chi connectivity index (χ1n) is 10.8. The molecule has 1 saturated heterocycles. The molecule has 2 aromatic heterocycles. The number of likely N-dealkylation sites (tertiary alicyclic amines) is 1. The molecule has 29 heavy (non-hydrogen) atoms. The molecule has 0 spiro atoms. The van der Waals surface area contributed by atoms with Crippen molar-refractivity contribution in [3.05, 3.63) is 59.5 Å². The summed E-state index contributed by atoms with van der Waals surface area (Å²) in [5, 5.41) is 3.12. The first kappa shape index (κ1) is 19.8. The summed E-state index contributed by atoms with van der Waals surface area (Å²) in [6.07, 6.45) is 4.90. The topological polar surface area (TPSA) is 50.4 Å². The molecule has 1 unspecified atom stereocenters. The van der Waals surface area contributed by atoms with Gasteiger partial charge >= 0.3 is 0 Å². The number of hydrogen-bond donors (Lipinski definition) is 1. The van der Waals surface area contributed by atoms with Crippen LogP contribution in [0.15, 0.2) is 46.9 Å². The quantitative estimate of drug-likeness (QED) is 0.598. The van der Waals surface area contributed by atoms with Crippen LogP contribution < -0.4 is 5.32 Å². The predicted molar refractivity (Wildman–Crippen MR) is 116 cm³/mol. The minimum atomic E-state index is -0.0309. The molecule has 1 N–H and O–H groups in total. The summed E-state index contributed by atoms with van der Waals surface area (Å²) < 4.78 is 7.85. The number of piperidine rings is 1. The van der Waals surface area contributed by atoms with E-state index in [9.17, 15) is 4.79 Å². The maximum Gasteiger partial charge on any atom is 0.268 e. The van der Waals surface area contributed by atoms with Crippen LogP contribution in [0.25, 0.3) is 11.1 Å². The van der Waals surface area contributed by atoms with Crippen molar-refractivity contribution in [2.24, 2.45) is 0 Å². The molecule has 1 fully saturated rings. The first-order valence-corrected chi connectivity index (χ1v) is 10.8. The van der Waals surface area contributed by atoms with Crippen LogP contribution in [0.3, 0.4) is 0 Å². The molecule has 1 aliphatic rings. The highest BCUT2D eigenvalue weighted by Crippen LogP contribution is 2.25. The van der Waals surface area contributed by atoms with Crippen LogP contribution in [0.5, 0.6) is 0 Å². The number of carbonyl (C=O) groups is 1. The lowest BCUT2D eigenvalue weighted by molar-refractivity contribution is 0.0940. The number of nitrogens with one attached hydrogen (secondary N) is 1. The number of hydrogen-bond acceptors (Lipinski definition) is 3. The number of fused-ring (bicyclic) bond motifs is 1. The van der Waals surface area contributed by atoms with E-state index in [1.54, 1.807) is 0 Å². The average Bonchev–Trinajstić information content (AvgIpc) is 3.24. The summed E-state index contributed by atoms with van der Waals surface area (Å²) in [5.74, 6) is 0.830. The van der Waals surface area contributed by atoms with E-state index in [1.807, 2.05) is 37.3 Å². The Morgan fingerprint density at radius 2 is 2.03 bits per heavy atom. The van der Waals surface area contributed by atoms with Crippen LogP contribution in [0, 0.1) is 6.92 Å². The third kappa shape index (κ3) is 4.56. The maximum absolute atomic E-state index is 12.9. The minimum absolute atomic E-state index is 0.0309. The lowest BCUT2D eigenvalue weighted by atomic mass is 10.0. The number of furan rings is 1. The van der Waals surface area contributed by atoms with Crippen molar-refractivity contribution in [3.63, 3.8) is 0 Å². The van der Waals surface area contributed by atoms with E-state index in [0.29, 0.717) is 24.8 Å². The molecule has 4 rings (SSSR count). The van der Waals surface area contributed by atoms with E-state index in [0.717, 1.165) is 35.4 Å². The van der Waals surface area contributed by atoms with Gasteiger partial charge in [0.25, 0.3) is 5.91 Å². The summed E-state index contributed by atoms with van der Waals surface area (Å²) in [4.78, 5) is 15.5. The van der Waals surface area contributed by atoms with Crippen molar-refractivity contribution in [1.29, 1.82) is 0 Å². The van der Waals surface area contributed by atoms with Crippen molar-refractivity contribution in [2.75, 3.05) is 19.6 Å². The van der Waals surface area contributed by atoms with Gasteiger partial charge < -0.3 is 19.2 Å². The van der Waals surface area contributed by atoms with Gasteiger partial charge in [0.2, 0.25) is 0 Å². The van der Waals surface area contributed by atoms with Crippen LogP contribution in [0.1, 0.15) is 54.4 Å². The highest BCUT2D eigenvalue weighted by molar-refractivity contribution is 5.97. The number of amides is 1. The normalized spacial score (nSPS) is 17.7. The molecule has 3 heterocycles. The van der Waals surface area contributed by atoms with Gasteiger partial charge in [-0.1, -0.05) is 36.8 Å². The molecule has 5 heteroatoms. The van der Waals surface area contributed by atoms with Gasteiger partial charge in [-0.2, -0.15) is 0 Å². The molecular weight excluding hydrogens is 362 g/mol. The molecule has 1 atom stereocenters. The van der Waals surface area contributed by atoms with E-state index in [-0.39, 0.29) is 5.91 Å². The van der Waals surface area contributed by atoms with E-state index in [1.165, 1.54) is 25.8 Å². The Kier molecular flexibility index (Phi) is 6.05. The summed E-state index contributed by atoms with van der Waals surface area (Å²) in [7, 11) is 0. The van der Waals surface area contributed by atoms with E-state index < -0.39 is 0 Å². The molecule has 3 aromatic rings. The van der Waals surface area contributed by atoms with Crippen LogP contribution in [0.4, 0.5) is 0 Å². The average molecular weight is 394 g/mol. The minimum Gasteiger partial charge on any atom is -0.460 e. The molecule has 0 bridgehead atoms. The van der Waals surface area contributed by atoms with Crippen LogP contribution >= 0.6 is 0 Å². The van der Waals surface area contributed by atoms with E-state index in [2.05, 4.69) is 33.8 Å². The van der Waals surface area contributed by atoms with Crippen molar-refractivity contribution in [3.8, 4) is 0 Å². The molecular formula is C24H31N3O2. The predicted octanol–water partition coefficient (Wildman–Crippen LogP) is 4.59. The van der Waals surface area contributed by atoms with Gasteiger partial charge in [0.05, 0.1) is 5.52 Å². The molecule has 154 valence electrons. The molecule has 5 nitrogen and oxygen atoms in total. The smallest absolute Gasteiger partial charge is 0.268 e. The summed E-state index contributed by atoms with van der Waals surface area (Å²) in [6.45, 7) is 7.83. The maximum atomic E-state index is 12.9. The third-order valence-electron chi connectivity index (χ3n) is 5.98. The summed E-state index contributed by atoms with van der Waals surface area (Å²) in [5.41, 5.74) is 3.57. The lowest BCUT2D eigenvalue weighted by Gasteiger charge is -2.33. The Morgan fingerprint density at radius 1 is 1.21 bits per heavy atom. The first-order chi connectivity index (χ1) is 14.1. The summed E-state index contributed by atoms with van der Waals surface area (Å²) >= 11 is 0. The lowest BCUT2D eigenvalue weighted by Crippen LogP contribution is -2.39. The van der Waals surface area contributed by atoms with Gasteiger partial charge in [0.1, 0.15) is 11.5 Å². The zero-order chi connectivity index (χ0) is 20.2. The van der Waals surface area contributed by atoms with Crippen molar-refractivity contribution in [2.45, 2.75) is 52.1 Å². The van der Waals surface area contributed by atoms with Gasteiger partial charge in [0, 0.05) is 37.8 Å². The molecule has 1 aliphatic heterocycles. The highest BCUT2D eigenvalue weighted by Gasteiger charge is 2.20. The Hall–Kier alpha value is -2.53. The number of aryl methyl sites for hydroxylation is 1.